The van der Waals surface area contributed by atoms with E-state index in [9.17, 15) is 9.59 Å². The van der Waals surface area contributed by atoms with Crippen molar-refractivity contribution in [2.24, 2.45) is 0 Å². The normalized spacial score (nSPS) is 19.2. The SMILES string of the molecule is CCN(Cc1ccsc1)C(=O)N1[C@@H]2CC[C@H]1CN(C(=O)N(c1ccccc1)c1ccccc1)C2. The molecule has 0 unspecified atom stereocenters. The monoisotopic (exact) mass is 474 g/mol. The van der Waals surface area contributed by atoms with Crippen LogP contribution in [-0.4, -0.2) is 58.5 Å². The predicted molar refractivity (Wildman–Crippen MR) is 136 cm³/mol. The summed E-state index contributed by atoms with van der Waals surface area (Å²) in [5.41, 5.74) is 2.86. The minimum absolute atomic E-state index is 0.0352. The van der Waals surface area contributed by atoms with Crippen LogP contribution < -0.4 is 4.90 Å². The number of urea groups is 2. The first-order valence-corrected chi connectivity index (χ1v) is 12.9. The molecule has 0 radical (unpaired) electrons. The maximum atomic E-state index is 13.8. The van der Waals surface area contributed by atoms with E-state index in [2.05, 4.69) is 16.3 Å². The third-order valence-corrected chi connectivity index (χ3v) is 7.53. The maximum Gasteiger partial charge on any atom is 0.329 e. The number of rotatable bonds is 5. The minimum atomic E-state index is -0.0352. The molecule has 0 spiro atoms. The predicted octanol–water partition coefficient (Wildman–Crippen LogP) is 5.80. The van der Waals surface area contributed by atoms with E-state index in [4.69, 9.17) is 0 Å². The van der Waals surface area contributed by atoms with Gasteiger partial charge < -0.3 is 14.7 Å². The fraction of sp³-hybridized carbons (Fsp3) is 0.333. The van der Waals surface area contributed by atoms with E-state index in [1.165, 1.54) is 5.56 Å². The number of likely N-dealkylation sites (tertiary alicyclic amines) is 1. The molecule has 7 heteroatoms. The van der Waals surface area contributed by atoms with Crippen LogP contribution >= 0.6 is 11.3 Å². The van der Waals surface area contributed by atoms with Crippen molar-refractivity contribution in [3.63, 3.8) is 0 Å². The van der Waals surface area contributed by atoms with Gasteiger partial charge in [-0.3, -0.25) is 4.90 Å². The second-order valence-electron chi connectivity index (χ2n) is 8.91. The van der Waals surface area contributed by atoms with E-state index in [0.717, 1.165) is 24.2 Å². The van der Waals surface area contributed by atoms with Crippen LogP contribution in [0.2, 0.25) is 0 Å². The van der Waals surface area contributed by atoms with Crippen molar-refractivity contribution < 1.29 is 9.59 Å². The summed E-state index contributed by atoms with van der Waals surface area (Å²) in [5, 5.41) is 4.15. The summed E-state index contributed by atoms with van der Waals surface area (Å²) in [6.45, 7) is 4.46. The lowest BCUT2D eigenvalue weighted by Gasteiger charge is -2.44. The van der Waals surface area contributed by atoms with Crippen LogP contribution in [0.25, 0.3) is 0 Å². The Morgan fingerprint density at radius 2 is 1.47 bits per heavy atom. The number of hydrogen-bond acceptors (Lipinski definition) is 3. The van der Waals surface area contributed by atoms with Crippen LogP contribution in [0.1, 0.15) is 25.3 Å². The fourth-order valence-electron chi connectivity index (χ4n) is 5.12. The summed E-state index contributed by atoms with van der Waals surface area (Å²) in [6.07, 6.45) is 1.87. The molecule has 34 heavy (non-hydrogen) atoms. The molecule has 176 valence electrons. The Balaban J connectivity index is 1.34. The average molecular weight is 475 g/mol. The Morgan fingerprint density at radius 1 is 0.882 bits per heavy atom. The third-order valence-electron chi connectivity index (χ3n) is 6.80. The standard InChI is InChI=1S/C27H30N4O2S/c1-2-28(17-21-15-16-34-20-21)26(32)31-24-13-14-25(31)19-29(18-24)27(33)30(22-9-5-3-6-10-22)23-11-7-4-8-12-23/h3-12,15-16,20,24-25H,2,13-14,17-19H2,1H3/t24-,25+. The molecule has 4 amide bonds. The highest BCUT2D eigenvalue weighted by molar-refractivity contribution is 7.07. The molecule has 2 aromatic carbocycles. The van der Waals surface area contributed by atoms with Gasteiger partial charge in [0.2, 0.25) is 0 Å². The van der Waals surface area contributed by atoms with E-state index in [1.807, 2.05) is 82.8 Å². The maximum absolute atomic E-state index is 13.8. The lowest BCUT2D eigenvalue weighted by atomic mass is 10.2. The van der Waals surface area contributed by atoms with Crippen molar-refractivity contribution in [2.45, 2.75) is 38.4 Å². The Hall–Kier alpha value is -3.32. The van der Waals surface area contributed by atoms with Crippen LogP contribution in [0.4, 0.5) is 21.0 Å². The zero-order valence-corrected chi connectivity index (χ0v) is 20.2. The minimum Gasteiger partial charge on any atom is -0.321 e. The van der Waals surface area contributed by atoms with E-state index < -0.39 is 0 Å². The lowest BCUT2D eigenvalue weighted by Crippen LogP contribution is -2.61. The van der Waals surface area contributed by atoms with Gasteiger partial charge in [-0.25, -0.2) is 9.59 Å². The highest BCUT2D eigenvalue weighted by Gasteiger charge is 2.45. The van der Waals surface area contributed by atoms with Crippen molar-refractivity contribution in [1.82, 2.24) is 14.7 Å². The molecule has 5 rings (SSSR count). The fourth-order valence-corrected chi connectivity index (χ4v) is 5.78. The number of hydrogen-bond donors (Lipinski definition) is 0. The first kappa shape index (κ1) is 22.5. The van der Waals surface area contributed by atoms with Crippen molar-refractivity contribution in [3.05, 3.63) is 83.1 Å². The number of benzene rings is 2. The van der Waals surface area contributed by atoms with E-state index >= 15 is 0 Å². The molecule has 1 aromatic heterocycles. The van der Waals surface area contributed by atoms with Gasteiger partial charge in [0.15, 0.2) is 0 Å². The van der Waals surface area contributed by atoms with Gasteiger partial charge in [0.25, 0.3) is 0 Å². The van der Waals surface area contributed by atoms with Gasteiger partial charge in [0.05, 0.1) is 23.5 Å². The number of thiophene rings is 1. The molecule has 2 saturated heterocycles. The van der Waals surface area contributed by atoms with Crippen LogP contribution in [0.5, 0.6) is 0 Å². The first-order chi connectivity index (χ1) is 16.7. The van der Waals surface area contributed by atoms with Gasteiger partial charge in [0, 0.05) is 26.2 Å². The molecule has 0 N–H and O–H groups in total. The second-order valence-corrected chi connectivity index (χ2v) is 9.69. The topological polar surface area (TPSA) is 47.1 Å². The number of amides is 4. The molecule has 2 aliphatic heterocycles. The number of para-hydroxylation sites is 2. The number of piperazine rings is 1. The Kier molecular flexibility index (Phi) is 6.54. The molecule has 2 bridgehead atoms. The summed E-state index contributed by atoms with van der Waals surface area (Å²) >= 11 is 1.65. The summed E-state index contributed by atoms with van der Waals surface area (Å²) in [5.74, 6) is 0. The van der Waals surface area contributed by atoms with Crippen LogP contribution in [0.15, 0.2) is 77.5 Å². The van der Waals surface area contributed by atoms with Crippen molar-refractivity contribution >= 4 is 34.8 Å². The third kappa shape index (κ3) is 4.40. The molecule has 2 aliphatic rings. The van der Waals surface area contributed by atoms with Crippen LogP contribution in [0, 0.1) is 0 Å². The van der Waals surface area contributed by atoms with Crippen molar-refractivity contribution in [1.29, 1.82) is 0 Å². The van der Waals surface area contributed by atoms with Crippen molar-refractivity contribution in [2.75, 3.05) is 24.5 Å². The molecular weight excluding hydrogens is 444 g/mol. The van der Waals surface area contributed by atoms with Gasteiger partial charge in [-0.2, -0.15) is 11.3 Å². The van der Waals surface area contributed by atoms with Crippen molar-refractivity contribution in [3.8, 4) is 0 Å². The van der Waals surface area contributed by atoms with Crippen LogP contribution in [-0.2, 0) is 6.54 Å². The second kappa shape index (κ2) is 9.89. The molecule has 6 nitrogen and oxygen atoms in total. The molecular formula is C27H30N4O2S. The summed E-state index contributed by atoms with van der Waals surface area (Å²) in [4.78, 5) is 35.0. The Morgan fingerprint density at radius 3 is 1.97 bits per heavy atom. The zero-order chi connectivity index (χ0) is 23.5. The molecule has 2 atom stereocenters. The molecule has 2 fully saturated rings. The van der Waals surface area contributed by atoms with Gasteiger partial charge >= 0.3 is 12.1 Å². The van der Waals surface area contributed by atoms with Gasteiger partial charge in [-0.15, -0.1) is 0 Å². The average Bonchev–Trinajstić information content (AvgIpc) is 3.48. The highest BCUT2D eigenvalue weighted by Crippen LogP contribution is 2.34. The Bertz CT molecular complexity index is 1050. The Labute approximate surface area is 205 Å². The highest BCUT2D eigenvalue weighted by atomic mass is 32.1. The summed E-state index contributed by atoms with van der Waals surface area (Å²) < 4.78 is 0. The zero-order valence-electron chi connectivity index (χ0n) is 19.4. The number of carbonyl (C=O) groups is 2. The van der Waals surface area contributed by atoms with Gasteiger partial charge in [-0.1, -0.05) is 36.4 Å². The molecule has 0 aliphatic carbocycles. The molecule has 3 aromatic rings. The smallest absolute Gasteiger partial charge is 0.321 e. The first-order valence-electron chi connectivity index (χ1n) is 11.9. The molecule has 3 heterocycles. The quantitative estimate of drug-likeness (QED) is 0.469. The number of fused-ring (bicyclic) bond motifs is 2. The van der Waals surface area contributed by atoms with Gasteiger partial charge in [0.1, 0.15) is 0 Å². The lowest BCUT2D eigenvalue weighted by molar-refractivity contribution is 0.0817. The number of nitrogens with zero attached hydrogens (tertiary/aromatic N) is 4. The van der Waals surface area contributed by atoms with E-state index in [0.29, 0.717) is 26.2 Å². The van der Waals surface area contributed by atoms with Gasteiger partial charge in [-0.05, 0) is 66.4 Å². The number of anilines is 2. The summed E-state index contributed by atoms with van der Waals surface area (Å²) in [6, 6.07) is 21.8. The molecule has 0 saturated carbocycles. The largest absolute Gasteiger partial charge is 0.329 e. The van der Waals surface area contributed by atoms with E-state index in [-0.39, 0.29) is 24.1 Å². The van der Waals surface area contributed by atoms with Crippen LogP contribution in [0.3, 0.4) is 0 Å². The van der Waals surface area contributed by atoms with E-state index in [1.54, 1.807) is 16.2 Å². The number of carbonyl (C=O) groups excluding carboxylic acids is 2. The summed E-state index contributed by atoms with van der Waals surface area (Å²) in [7, 11) is 0.